The number of ether oxygens (including phenoxy) is 2. The third kappa shape index (κ3) is 4.48. The van der Waals surface area contributed by atoms with Crippen molar-refractivity contribution in [1.29, 1.82) is 0 Å². The maximum absolute atomic E-state index is 10.2. The fourth-order valence-corrected chi connectivity index (χ4v) is 2.56. The van der Waals surface area contributed by atoms with Crippen LogP contribution in [-0.4, -0.2) is 74.8 Å². The summed E-state index contributed by atoms with van der Waals surface area (Å²) in [4.78, 5) is 1.99. The molecule has 5 heteroatoms. The molecule has 0 aromatic rings. The Hall–Kier alpha value is -0.200. The fraction of sp³-hybridized carbons (Fsp3) is 1.00. The molecule has 0 bridgehead atoms. The minimum absolute atomic E-state index is 0.0973. The molecule has 2 N–H and O–H groups in total. The van der Waals surface area contributed by atoms with Gasteiger partial charge in [-0.2, -0.15) is 0 Å². The number of hydrogen-bond acceptors (Lipinski definition) is 5. The van der Waals surface area contributed by atoms with Crippen LogP contribution in [0.15, 0.2) is 0 Å². The molecule has 4 atom stereocenters. The molecule has 18 heavy (non-hydrogen) atoms. The maximum Gasteiger partial charge on any atom is 0.0986 e. The van der Waals surface area contributed by atoms with E-state index in [1.165, 1.54) is 0 Å². The van der Waals surface area contributed by atoms with Gasteiger partial charge in [-0.15, -0.1) is 0 Å². The molecular formula is C13H28N2O3. The standard InChI is InChI=1S/C13H28N2O3/c1-6-18-11-7-10(12(11)17-5)14-8-13(2,16)9-15(3)4/h10-12,14,16H,6-9H2,1-5H3. The number of aliphatic hydroxyl groups is 1. The molecular weight excluding hydrogens is 232 g/mol. The lowest BCUT2D eigenvalue weighted by atomic mass is 9.84. The number of likely N-dealkylation sites (N-methyl/N-ethyl adjacent to an activating group) is 1. The molecule has 0 aliphatic heterocycles. The van der Waals surface area contributed by atoms with Crippen molar-refractivity contribution in [3.05, 3.63) is 0 Å². The van der Waals surface area contributed by atoms with Crippen molar-refractivity contribution in [2.45, 2.75) is 44.1 Å². The molecule has 0 saturated heterocycles. The molecule has 0 amide bonds. The number of methoxy groups -OCH3 is 1. The molecule has 1 rings (SSSR count). The van der Waals surface area contributed by atoms with Gasteiger partial charge >= 0.3 is 0 Å². The van der Waals surface area contributed by atoms with Gasteiger partial charge in [-0.3, -0.25) is 0 Å². The SMILES string of the molecule is CCOC1CC(NCC(C)(O)CN(C)C)C1OC. The zero-order chi connectivity index (χ0) is 13.8. The average Bonchev–Trinajstić information content (AvgIpc) is 2.20. The summed E-state index contributed by atoms with van der Waals surface area (Å²) in [6.45, 7) is 5.76. The van der Waals surface area contributed by atoms with Crippen LogP contribution in [0, 0.1) is 0 Å². The Morgan fingerprint density at radius 3 is 2.61 bits per heavy atom. The summed E-state index contributed by atoms with van der Waals surface area (Å²) in [7, 11) is 5.63. The number of nitrogens with zero attached hydrogens (tertiary/aromatic N) is 1. The van der Waals surface area contributed by atoms with E-state index < -0.39 is 5.60 Å². The van der Waals surface area contributed by atoms with Gasteiger partial charge in [0.15, 0.2) is 0 Å². The van der Waals surface area contributed by atoms with Gasteiger partial charge in [0, 0.05) is 32.8 Å². The molecule has 4 unspecified atom stereocenters. The van der Waals surface area contributed by atoms with Crippen molar-refractivity contribution in [3.63, 3.8) is 0 Å². The lowest BCUT2D eigenvalue weighted by Crippen LogP contribution is -2.62. The van der Waals surface area contributed by atoms with Crippen LogP contribution in [0.1, 0.15) is 20.3 Å². The van der Waals surface area contributed by atoms with Gasteiger partial charge in [0.1, 0.15) is 0 Å². The summed E-state index contributed by atoms with van der Waals surface area (Å²) in [5, 5.41) is 13.6. The van der Waals surface area contributed by atoms with Gasteiger partial charge in [0.25, 0.3) is 0 Å². The van der Waals surface area contributed by atoms with E-state index in [0.717, 1.165) is 13.0 Å². The quantitative estimate of drug-likeness (QED) is 0.647. The molecule has 0 aromatic carbocycles. The summed E-state index contributed by atoms with van der Waals surface area (Å²) >= 11 is 0. The first-order valence-electron chi connectivity index (χ1n) is 6.64. The molecule has 0 spiro atoms. The maximum atomic E-state index is 10.2. The van der Waals surface area contributed by atoms with E-state index in [0.29, 0.717) is 13.1 Å². The highest BCUT2D eigenvalue weighted by atomic mass is 16.5. The fourth-order valence-electron chi connectivity index (χ4n) is 2.56. The highest BCUT2D eigenvalue weighted by molar-refractivity contribution is 4.98. The van der Waals surface area contributed by atoms with Crippen LogP contribution >= 0.6 is 0 Å². The van der Waals surface area contributed by atoms with Crippen molar-refractivity contribution in [3.8, 4) is 0 Å². The molecule has 108 valence electrons. The Morgan fingerprint density at radius 1 is 1.44 bits per heavy atom. The molecule has 1 aliphatic carbocycles. The smallest absolute Gasteiger partial charge is 0.0986 e. The lowest BCUT2D eigenvalue weighted by Gasteiger charge is -2.44. The van der Waals surface area contributed by atoms with E-state index in [-0.39, 0.29) is 18.2 Å². The minimum Gasteiger partial charge on any atom is -0.388 e. The van der Waals surface area contributed by atoms with Gasteiger partial charge in [0.05, 0.1) is 17.8 Å². The first-order valence-corrected chi connectivity index (χ1v) is 6.64. The number of rotatable bonds is 8. The van der Waals surface area contributed by atoms with Crippen LogP contribution in [0.25, 0.3) is 0 Å². The minimum atomic E-state index is -0.724. The molecule has 5 nitrogen and oxygen atoms in total. The number of hydrogen-bond donors (Lipinski definition) is 2. The van der Waals surface area contributed by atoms with E-state index >= 15 is 0 Å². The topological polar surface area (TPSA) is 54.0 Å². The molecule has 0 heterocycles. The van der Waals surface area contributed by atoms with Crippen LogP contribution in [0.2, 0.25) is 0 Å². The molecule has 1 aliphatic rings. The monoisotopic (exact) mass is 260 g/mol. The van der Waals surface area contributed by atoms with Gasteiger partial charge in [-0.1, -0.05) is 0 Å². The second kappa shape index (κ2) is 6.82. The van der Waals surface area contributed by atoms with Gasteiger partial charge in [-0.25, -0.2) is 0 Å². The molecule has 1 fully saturated rings. The van der Waals surface area contributed by atoms with Crippen molar-refractivity contribution in [2.75, 3.05) is 40.9 Å². The highest BCUT2D eigenvalue weighted by Gasteiger charge is 2.42. The van der Waals surface area contributed by atoms with E-state index in [4.69, 9.17) is 9.47 Å². The van der Waals surface area contributed by atoms with Gasteiger partial charge in [-0.05, 0) is 34.4 Å². The van der Waals surface area contributed by atoms with E-state index in [1.54, 1.807) is 7.11 Å². The van der Waals surface area contributed by atoms with E-state index in [1.807, 2.05) is 32.8 Å². The molecule has 1 saturated carbocycles. The van der Waals surface area contributed by atoms with Gasteiger partial charge in [0.2, 0.25) is 0 Å². The van der Waals surface area contributed by atoms with Crippen LogP contribution in [0.3, 0.4) is 0 Å². The van der Waals surface area contributed by atoms with Crippen molar-refractivity contribution in [1.82, 2.24) is 10.2 Å². The predicted octanol–water partition coefficient (Wildman–Crippen LogP) is 0.0810. The highest BCUT2D eigenvalue weighted by Crippen LogP contribution is 2.27. The average molecular weight is 260 g/mol. The second-order valence-corrected chi connectivity index (χ2v) is 5.65. The third-order valence-electron chi connectivity index (χ3n) is 3.30. The number of nitrogens with one attached hydrogen (secondary N) is 1. The molecule has 0 radical (unpaired) electrons. The normalized spacial score (nSPS) is 31.2. The second-order valence-electron chi connectivity index (χ2n) is 5.65. The summed E-state index contributed by atoms with van der Waals surface area (Å²) < 4.78 is 11.0. The summed E-state index contributed by atoms with van der Waals surface area (Å²) in [6, 6.07) is 0.278. The predicted molar refractivity (Wildman–Crippen MR) is 71.8 cm³/mol. The van der Waals surface area contributed by atoms with Crippen LogP contribution in [0.5, 0.6) is 0 Å². The largest absolute Gasteiger partial charge is 0.388 e. The first-order chi connectivity index (χ1) is 8.39. The Balaban J connectivity index is 2.32. The Labute approximate surface area is 110 Å². The van der Waals surface area contributed by atoms with Crippen LogP contribution in [-0.2, 0) is 9.47 Å². The zero-order valence-corrected chi connectivity index (χ0v) is 12.3. The van der Waals surface area contributed by atoms with Gasteiger partial charge < -0.3 is 24.8 Å². The Morgan fingerprint density at radius 2 is 2.11 bits per heavy atom. The Bertz CT molecular complexity index is 246. The van der Waals surface area contributed by atoms with Crippen LogP contribution in [0.4, 0.5) is 0 Å². The van der Waals surface area contributed by atoms with Crippen molar-refractivity contribution in [2.24, 2.45) is 0 Å². The lowest BCUT2D eigenvalue weighted by molar-refractivity contribution is -0.134. The third-order valence-corrected chi connectivity index (χ3v) is 3.30. The summed E-state index contributed by atoms with van der Waals surface area (Å²) in [5.74, 6) is 0. The summed E-state index contributed by atoms with van der Waals surface area (Å²) in [5.41, 5.74) is -0.724. The van der Waals surface area contributed by atoms with Crippen molar-refractivity contribution >= 4 is 0 Å². The summed E-state index contributed by atoms with van der Waals surface area (Å²) in [6.07, 6.45) is 1.24. The first kappa shape index (κ1) is 15.9. The van der Waals surface area contributed by atoms with E-state index in [9.17, 15) is 5.11 Å². The molecule has 0 aromatic heterocycles. The van der Waals surface area contributed by atoms with E-state index in [2.05, 4.69) is 5.32 Å². The zero-order valence-electron chi connectivity index (χ0n) is 12.3. The van der Waals surface area contributed by atoms with Crippen molar-refractivity contribution < 1.29 is 14.6 Å². The Kier molecular flexibility index (Phi) is 6.01. The van der Waals surface area contributed by atoms with Crippen LogP contribution < -0.4 is 5.32 Å².